The third-order valence-electron chi connectivity index (χ3n) is 5.28. The monoisotopic (exact) mass is 562 g/mol. The molecule has 1 heterocycles. The highest BCUT2D eigenvalue weighted by molar-refractivity contribution is 6.30. The number of ether oxygens (including phenoxy) is 1. The molecule has 0 fully saturated rings. The first-order chi connectivity index (χ1) is 17.6. The third kappa shape index (κ3) is 7.44. The summed E-state index contributed by atoms with van der Waals surface area (Å²) in [6, 6.07) is 7.61. The number of amides is 1. The molecule has 0 aliphatic carbocycles. The number of alkyl halides is 6. The van der Waals surface area contributed by atoms with Crippen LogP contribution in [0.3, 0.4) is 0 Å². The maximum Gasteiger partial charge on any atom is 0.416 e. The highest BCUT2D eigenvalue weighted by Crippen LogP contribution is 2.37. The molecule has 0 spiro atoms. The molecular weight excluding hydrogens is 545 g/mol. The number of nitrogens with zero attached hydrogens (tertiary/aromatic N) is 2. The molecule has 38 heavy (non-hydrogen) atoms. The molecule has 2 aromatic carbocycles. The van der Waals surface area contributed by atoms with Gasteiger partial charge in [0.1, 0.15) is 11.0 Å². The summed E-state index contributed by atoms with van der Waals surface area (Å²) in [6.45, 7) is -0.965. The number of benzene rings is 2. The fourth-order valence-electron chi connectivity index (χ4n) is 3.53. The minimum Gasteiger partial charge on any atom is -0.456 e. The van der Waals surface area contributed by atoms with Crippen molar-refractivity contribution in [2.75, 3.05) is 6.61 Å². The van der Waals surface area contributed by atoms with Gasteiger partial charge in [-0.25, -0.2) is 9.37 Å². The molecule has 0 radical (unpaired) electrons. The number of carbonyl (C=O) groups excluding carboxylic acids is 2. The number of hydrogen-bond acceptors (Lipinski definition) is 4. The van der Waals surface area contributed by atoms with Gasteiger partial charge in [-0.2, -0.15) is 26.3 Å². The Morgan fingerprint density at radius 2 is 1.50 bits per heavy atom. The largest absolute Gasteiger partial charge is 0.456 e. The highest BCUT2D eigenvalue weighted by atomic mass is 35.5. The van der Waals surface area contributed by atoms with Crippen LogP contribution in [-0.2, 0) is 39.8 Å². The first-order valence-electron chi connectivity index (χ1n) is 10.7. The van der Waals surface area contributed by atoms with E-state index in [0.29, 0.717) is 23.3 Å². The Hall–Kier alpha value is -3.67. The molecule has 13 heteroatoms. The predicted octanol–water partition coefficient (Wildman–Crippen LogP) is 6.67. The number of aromatic nitrogens is 1. The maximum absolute atomic E-state index is 13.4. The summed E-state index contributed by atoms with van der Waals surface area (Å²) in [4.78, 5) is 29.0. The Morgan fingerprint density at radius 1 is 0.921 bits per heavy atom. The lowest BCUT2D eigenvalue weighted by Gasteiger charge is -2.25. The van der Waals surface area contributed by atoms with Crippen molar-refractivity contribution in [1.82, 2.24) is 9.88 Å². The van der Waals surface area contributed by atoms with Gasteiger partial charge in [-0.15, -0.1) is 0 Å². The molecule has 1 amide bonds. The molecule has 0 unspecified atom stereocenters. The summed E-state index contributed by atoms with van der Waals surface area (Å²) < 4.78 is 98.2. The molecule has 0 aliphatic heterocycles. The number of hydrogen-bond donors (Lipinski definition) is 0. The Morgan fingerprint density at radius 3 is 2.03 bits per heavy atom. The van der Waals surface area contributed by atoms with E-state index < -0.39 is 66.4 Å². The summed E-state index contributed by atoms with van der Waals surface area (Å²) in [5.41, 5.74) is -2.57. The van der Waals surface area contributed by atoms with E-state index in [1.165, 1.54) is 36.5 Å². The van der Waals surface area contributed by atoms with Crippen LogP contribution in [-0.4, -0.2) is 28.4 Å². The van der Waals surface area contributed by atoms with Gasteiger partial charge in [-0.05, 0) is 53.1 Å². The van der Waals surface area contributed by atoms with Crippen LogP contribution in [0.1, 0.15) is 29.2 Å². The lowest BCUT2D eigenvalue weighted by atomic mass is 10.0. The van der Waals surface area contributed by atoms with Crippen molar-refractivity contribution in [2.45, 2.75) is 32.4 Å². The molecule has 3 aromatic rings. The second-order valence-corrected chi connectivity index (χ2v) is 8.44. The van der Waals surface area contributed by atoms with Gasteiger partial charge in [0.05, 0.1) is 11.1 Å². The van der Waals surface area contributed by atoms with Crippen molar-refractivity contribution in [3.63, 3.8) is 0 Å². The zero-order valence-electron chi connectivity index (χ0n) is 19.5. The van der Waals surface area contributed by atoms with Gasteiger partial charge in [-0.1, -0.05) is 23.7 Å². The van der Waals surface area contributed by atoms with Crippen LogP contribution in [0.5, 0.6) is 0 Å². The Bertz CT molecular complexity index is 1290. The molecule has 0 atom stereocenters. The SMILES string of the molecule is CC(=O)OCC(=O)N(Cc1cc(C(F)(F)F)cc(C(F)(F)F)c1)Cc1c(-c2ccc(F)cc2)ccnc1Cl. The van der Waals surface area contributed by atoms with Crippen LogP contribution in [0, 0.1) is 5.82 Å². The van der Waals surface area contributed by atoms with Gasteiger partial charge in [-0.3, -0.25) is 9.59 Å². The Balaban J connectivity index is 2.07. The second kappa shape index (κ2) is 11.4. The zero-order chi connectivity index (χ0) is 28.3. The normalized spacial score (nSPS) is 11.8. The van der Waals surface area contributed by atoms with Gasteiger partial charge >= 0.3 is 18.3 Å². The summed E-state index contributed by atoms with van der Waals surface area (Å²) in [6.07, 6.45) is -8.85. The first-order valence-corrected chi connectivity index (χ1v) is 11.1. The van der Waals surface area contributed by atoms with Crippen molar-refractivity contribution < 1.29 is 45.1 Å². The van der Waals surface area contributed by atoms with E-state index in [-0.39, 0.29) is 16.8 Å². The first kappa shape index (κ1) is 28.9. The molecule has 1 aromatic heterocycles. The lowest BCUT2D eigenvalue weighted by Crippen LogP contribution is -2.34. The van der Waals surface area contributed by atoms with Crippen LogP contribution >= 0.6 is 11.6 Å². The van der Waals surface area contributed by atoms with Gasteiger partial charge in [0.2, 0.25) is 0 Å². The number of halogens is 8. The number of esters is 1. The standard InChI is InChI=1S/C25H18ClF7N2O3/c1-14(36)38-13-22(37)35(11-15-8-17(24(28,29)30)10-18(9-15)25(31,32)33)12-21-20(6-7-34-23(21)26)16-2-4-19(27)5-3-16/h2-10H,11-13H2,1H3. The topological polar surface area (TPSA) is 59.5 Å². The number of pyridine rings is 1. The van der Waals surface area contributed by atoms with Crippen LogP contribution in [0.2, 0.25) is 5.15 Å². The highest BCUT2D eigenvalue weighted by Gasteiger charge is 2.37. The van der Waals surface area contributed by atoms with E-state index in [1.54, 1.807) is 0 Å². The molecule has 5 nitrogen and oxygen atoms in total. The predicted molar refractivity (Wildman–Crippen MR) is 122 cm³/mol. The van der Waals surface area contributed by atoms with E-state index in [2.05, 4.69) is 4.98 Å². The van der Waals surface area contributed by atoms with E-state index in [9.17, 15) is 40.3 Å². The van der Waals surface area contributed by atoms with Crippen molar-refractivity contribution in [3.05, 3.63) is 88.0 Å². The molecule has 0 bridgehead atoms. The summed E-state index contributed by atoms with van der Waals surface area (Å²) in [5.74, 6) is -2.28. The van der Waals surface area contributed by atoms with E-state index >= 15 is 0 Å². The van der Waals surface area contributed by atoms with E-state index in [0.717, 1.165) is 11.8 Å². The molecular formula is C25H18ClF7N2O3. The zero-order valence-corrected chi connectivity index (χ0v) is 20.2. The van der Waals surface area contributed by atoms with Crippen molar-refractivity contribution >= 4 is 23.5 Å². The van der Waals surface area contributed by atoms with Crippen LogP contribution in [0.15, 0.2) is 54.7 Å². The Labute approximate surface area is 216 Å². The minimum atomic E-state index is -5.09. The molecule has 3 rings (SSSR count). The molecule has 0 N–H and O–H groups in total. The van der Waals surface area contributed by atoms with Gasteiger partial charge in [0.25, 0.3) is 5.91 Å². The quantitative estimate of drug-likeness (QED) is 0.183. The van der Waals surface area contributed by atoms with Crippen LogP contribution in [0.25, 0.3) is 11.1 Å². The van der Waals surface area contributed by atoms with Gasteiger partial charge in [0, 0.05) is 31.8 Å². The average molecular weight is 563 g/mol. The van der Waals surface area contributed by atoms with Gasteiger partial charge in [0.15, 0.2) is 6.61 Å². The summed E-state index contributed by atoms with van der Waals surface area (Å²) in [7, 11) is 0. The average Bonchev–Trinajstić information content (AvgIpc) is 2.82. The molecule has 0 aliphatic rings. The van der Waals surface area contributed by atoms with E-state index in [1.807, 2.05) is 0 Å². The third-order valence-corrected chi connectivity index (χ3v) is 5.61. The van der Waals surface area contributed by atoms with Crippen molar-refractivity contribution in [1.29, 1.82) is 0 Å². The van der Waals surface area contributed by atoms with Crippen molar-refractivity contribution in [2.24, 2.45) is 0 Å². The van der Waals surface area contributed by atoms with Gasteiger partial charge < -0.3 is 9.64 Å². The van der Waals surface area contributed by atoms with Crippen molar-refractivity contribution in [3.8, 4) is 11.1 Å². The summed E-state index contributed by atoms with van der Waals surface area (Å²) >= 11 is 6.25. The molecule has 0 saturated heterocycles. The second-order valence-electron chi connectivity index (χ2n) is 8.08. The lowest BCUT2D eigenvalue weighted by molar-refractivity contribution is -0.150. The number of rotatable bonds is 7. The summed E-state index contributed by atoms with van der Waals surface area (Å²) in [5, 5.41) is -0.114. The smallest absolute Gasteiger partial charge is 0.416 e. The van der Waals surface area contributed by atoms with Crippen LogP contribution < -0.4 is 0 Å². The Kier molecular flexibility index (Phi) is 8.65. The van der Waals surface area contributed by atoms with Crippen LogP contribution in [0.4, 0.5) is 30.7 Å². The molecule has 202 valence electrons. The van der Waals surface area contributed by atoms with E-state index in [4.69, 9.17) is 16.3 Å². The fraction of sp³-hybridized carbons (Fsp3) is 0.240. The number of carbonyl (C=O) groups is 2. The fourth-order valence-corrected chi connectivity index (χ4v) is 3.74. The minimum absolute atomic E-state index is 0.0286. The molecule has 0 saturated carbocycles. The maximum atomic E-state index is 13.4.